The van der Waals surface area contributed by atoms with Crippen molar-refractivity contribution in [1.82, 2.24) is 9.29 Å². The number of aryl methyl sites for hydroxylation is 1. The summed E-state index contributed by atoms with van der Waals surface area (Å²) in [4.78, 5) is 14.2. The Hall–Kier alpha value is -2.16. The highest BCUT2D eigenvalue weighted by Crippen LogP contribution is 2.22. The van der Waals surface area contributed by atoms with Crippen molar-refractivity contribution in [1.29, 1.82) is 0 Å². The van der Waals surface area contributed by atoms with Gasteiger partial charge in [-0.3, -0.25) is 4.79 Å². The van der Waals surface area contributed by atoms with Crippen LogP contribution in [0.15, 0.2) is 52.2 Å². The molecule has 2 aromatic carbocycles. The smallest absolute Gasteiger partial charge is 0.307 e. The van der Waals surface area contributed by atoms with Crippen LogP contribution in [0.3, 0.4) is 0 Å². The second-order valence-corrected chi connectivity index (χ2v) is 9.86. The monoisotopic (exact) mass is 417 g/mol. The molecule has 0 bridgehead atoms. The molecule has 8 heteroatoms. The molecule has 3 aromatic rings. The van der Waals surface area contributed by atoms with E-state index in [1.54, 1.807) is 19.2 Å². The van der Waals surface area contributed by atoms with Crippen LogP contribution < -0.4 is 14.5 Å². The zero-order valence-corrected chi connectivity index (χ0v) is 17.4. The molecule has 148 valence electrons. The lowest BCUT2D eigenvalue weighted by Gasteiger charge is -2.28. The van der Waals surface area contributed by atoms with E-state index in [2.05, 4.69) is 21.8 Å². The minimum Gasteiger partial charge on any atom is -0.372 e. The number of hydrogen-bond acceptors (Lipinski definition) is 5. The van der Waals surface area contributed by atoms with Crippen LogP contribution in [0.25, 0.3) is 10.2 Å². The van der Waals surface area contributed by atoms with Gasteiger partial charge < -0.3 is 9.47 Å². The second kappa shape index (κ2) is 7.69. The highest BCUT2D eigenvalue weighted by atomic mass is 32.2. The van der Waals surface area contributed by atoms with E-state index in [1.165, 1.54) is 35.6 Å². The Morgan fingerprint density at radius 2 is 1.75 bits per heavy atom. The Labute approximate surface area is 168 Å². The number of benzene rings is 2. The van der Waals surface area contributed by atoms with Gasteiger partial charge in [0.1, 0.15) is 0 Å². The fraction of sp³-hybridized carbons (Fsp3) is 0.350. The van der Waals surface area contributed by atoms with Crippen molar-refractivity contribution in [3.63, 3.8) is 0 Å². The third kappa shape index (κ3) is 3.85. The number of hydrogen-bond donors (Lipinski definition) is 1. The largest absolute Gasteiger partial charge is 0.372 e. The topological polar surface area (TPSA) is 71.4 Å². The van der Waals surface area contributed by atoms with Gasteiger partial charge in [0.15, 0.2) is 0 Å². The van der Waals surface area contributed by atoms with Crippen LogP contribution in [0.2, 0.25) is 0 Å². The number of nitrogens with one attached hydrogen (secondary N) is 1. The van der Waals surface area contributed by atoms with Crippen molar-refractivity contribution in [2.24, 2.45) is 7.05 Å². The van der Waals surface area contributed by atoms with E-state index in [0.29, 0.717) is 4.70 Å². The number of anilines is 1. The average Bonchev–Trinajstić information content (AvgIpc) is 3.01. The quantitative estimate of drug-likeness (QED) is 0.693. The Kier molecular flexibility index (Phi) is 5.27. The second-order valence-electron chi connectivity index (χ2n) is 7.10. The minimum absolute atomic E-state index is 0.105. The van der Waals surface area contributed by atoms with E-state index in [1.807, 2.05) is 12.1 Å². The van der Waals surface area contributed by atoms with Crippen LogP contribution in [0, 0.1) is 0 Å². The molecule has 1 fully saturated rings. The molecule has 1 aromatic heterocycles. The van der Waals surface area contributed by atoms with Gasteiger partial charge in [-0.1, -0.05) is 23.5 Å². The Bertz CT molecular complexity index is 1140. The van der Waals surface area contributed by atoms with Gasteiger partial charge in [0, 0.05) is 32.4 Å². The molecule has 1 aliphatic heterocycles. The lowest BCUT2D eigenvalue weighted by Crippen LogP contribution is -2.29. The van der Waals surface area contributed by atoms with E-state index in [0.717, 1.165) is 35.5 Å². The first kappa shape index (κ1) is 19.2. The molecule has 28 heavy (non-hydrogen) atoms. The summed E-state index contributed by atoms with van der Waals surface area (Å²) in [5.74, 6) is 0. The summed E-state index contributed by atoms with van der Waals surface area (Å²) < 4.78 is 30.2. The standard InChI is InChI=1S/C20H23N3O3S2/c1-22-18-10-9-17(13-19(18)27-20(22)24)28(25,26)21-14-15-5-7-16(8-6-15)23-11-3-2-4-12-23/h5-10,13,21H,2-4,11-12,14H2,1H3. The summed E-state index contributed by atoms with van der Waals surface area (Å²) in [6, 6.07) is 12.8. The fourth-order valence-electron chi connectivity index (χ4n) is 3.52. The first-order chi connectivity index (χ1) is 13.4. The van der Waals surface area contributed by atoms with Crippen LogP contribution in [-0.4, -0.2) is 26.1 Å². The number of aromatic nitrogens is 1. The Morgan fingerprint density at radius 1 is 1.04 bits per heavy atom. The molecule has 0 aliphatic carbocycles. The zero-order valence-electron chi connectivity index (χ0n) is 15.7. The molecule has 1 aliphatic rings. The van der Waals surface area contributed by atoms with Gasteiger partial charge in [0.2, 0.25) is 10.0 Å². The number of fused-ring (bicyclic) bond motifs is 1. The van der Waals surface area contributed by atoms with Gasteiger partial charge in [-0.05, 0) is 55.2 Å². The molecule has 0 radical (unpaired) electrons. The number of sulfonamides is 1. The normalized spacial score (nSPS) is 15.2. The predicted molar refractivity (Wildman–Crippen MR) is 114 cm³/mol. The van der Waals surface area contributed by atoms with E-state index in [4.69, 9.17) is 0 Å². The molecule has 2 heterocycles. The summed E-state index contributed by atoms with van der Waals surface area (Å²) in [5, 5.41) is 0. The van der Waals surface area contributed by atoms with E-state index in [9.17, 15) is 13.2 Å². The molecule has 1 saturated heterocycles. The zero-order chi connectivity index (χ0) is 19.7. The first-order valence-electron chi connectivity index (χ1n) is 9.37. The van der Waals surface area contributed by atoms with Crippen LogP contribution in [0.5, 0.6) is 0 Å². The number of nitrogens with zero attached hydrogens (tertiary/aromatic N) is 2. The van der Waals surface area contributed by atoms with Crippen molar-refractivity contribution in [3.8, 4) is 0 Å². The van der Waals surface area contributed by atoms with Crippen LogP contribution in [0.4, 0.5) is 5.69 Å². The molecule has 0 unspecified atom stereocenters. The summed E-state index contributed by atoms with van der Waals surface area (Å²) in [6.45, 7) is 2.39. The molecule has 0 atom stereocenters. The van der Waals surface area contributed by atoms with E-state index >= 15 is 0 Å². The molecule has 4 rings (SSSR count). The third-order valence-corrected chi connectivity index (χ3v) is 7.59. The minimum atomic E-state index is -3.65. The van der Waals surface area contributed by atoms with Crippen LogP contribution in [-0.2, 0) is 23.6 Å². The van der Waals surface area contributed by atoms with Gasteiger partial charge in [0.05, 0.1) is 15.1 Å². The fourth-order valence-corrected chi connectivity index (χ4v) is 5.56. The van der Waals surface area contributed by atoms with Gasteiger partial charge >= 0.3 is 4.87 Å². The maximum atomic E-state index is 12.7. The molecule has 6 nitrogen and oxygen atoms in total. The summed E-state index contributed by atoms with van der Waals surface area (Å²) in [5.41, 5.74) is 2.84. The molecule has 0 amide bonds. The molecule has 0 spiro atoms. The summed E-state index contributed by atoms with van der Waals surface area (Å²) in [6.07, 6.45) is 3.74. The molecular weight excluding hydrogens is 394 g/mol. The van der Waals surface area contributed by atoms with Gasteiger partial charge in [0.25, 0.3) is 0 Å². The number of piperidine rings is 1. The first-order valence-corrected chi connectivity index (χ1v) is 11.7. The van der Waals surface area contributed by atoms with Gasteiger partial charge in [-0.25, -0.2) is 13.1 Å². The highest BCUT2D eigenvalue weighted by molar-refractivity contribution is 7.89. The van der Waals surface area contributed by atoms with Crippen molar-refractivity contribution in [2.45, 2.75) is 30.7 Å². The lowest BCUT2D eigenvalue weighted by molar-refractivity contribution is 0.577. The Morgan fingerprint density at radius 3 is 2.46 bits per heavy atom. The summed E-state index contributed by atoms with van der Waals surface area (Å²) >= 11 is 1.05. The van der Waals surface area contributed by atoms with Gasteiger partial charge in [-0.2, -0.15) is 0 Å². The van der Waals surface area contributed by atoms with E-state index < -0.39 is 10.0 Å². The number of thiazole rings is 1. The Balaban J connectivity index is 1.47. The third-order valence-electron chi connectivity index (χ3n) is 5.20. The van der Waals surface area contributed by atoms with Crippen molar-refractivity contribution in [3.05, 3.63) is 57.7 Å². The lowest BCUT2D eigenvalue weighted by atomic mass is 10.1. The maximum Gasteiger partial charge on any atom is 0.307 e. The molecule has 0 saturated carbocycles. The highest BCUT2D eigenvalue weighted by Gasteiger charge is 2.16. The average molecular weight is 418 g/mol. The number of rotatable bonds is 5. The predicted octanol–water partition coefficient (Wildman–Crippen LogP) is 3.07. The maximum absolute atomic E-state index is 12.7. The van der Waals surface area contributed by atoms with Crippen molar-refractivity contribution < 1.29 is 8.42 Å². The van der Waals surface area contributed by atoms with Crippen LogP contribution in [0.1, 0.15) is 24.8 Å². The van der Waals surface area contributed by atoms with Crippen molar-refractivity contribution >= 4 is 37.3 Å². The molecular formula is C20H23N3O3S2. The van der Waals surface area contributed by atoms with Crippen LogP contribution >= 0.6 is 11.3 Å². The SMILES string of the molecule is Cn1c(=O)sc2cc(S(=O)(=O)NCc3ccc(N4CCCCC4)cc3)ccc21. The van der Waals surface area contributed by atoms with Crippen molar-refractivity contribution in [2.75, 3.05) is 18.0 Å². The molecule has 1 N–H and O–H groups in total. The van der Waals surface area contributed by atoms with E-state index in [-0.39, 0.29) is 16.3 Å². The van der Waals surface area contributed by atoms with Gasteiger partial charge in [-0.15, -0.1) is 0 Å². The summed E-state index contributed by atoms with van der Waals surface area (Å²) in [7, 11) is -1.97.